The number of aryl methyl sites for hydroxylation is 2. The Morgan fingerprint density at radius 1 is 0.885 bits per heavy atom. The molecule has 0 atom stereocenters. The number of nitrogens with zero attached hydrogens (tertiary/aromatic N) is 1. The maximum Gasteiger partial charge on any atom is 0.303 e. The molecule has 1 aromatic carbocycles. The minimum atomic E-state index is -0.687. The molecule has 0 aliphatic heterocycles. The molecule has 0 saturated heterocycles. The van der Waals surface area contributed by atoms with Gasteiger partial charge in [-0.3, -0.25) is 4.79 Å². The highest BCUT2D eigenvalue weighted by Gasteiger charge is 2.04. The van der Waals surface area contributed by atoms with Gasteiger partial charge in [-0.2, -0.15) is 0 Å². The van der Waals surface area contributed by atoms with E-state index in [1.807, 2.05) is 0 Å². The van der Waals surface area contributed by atoms with Crippen LogP contribution in [-0.2, 0) is 17.6 Å². The first kappa shape index (κ1) is 20.3. The van der Waals surface area contributed by atoms with Crippen LogP contribution in [0.2, 0.25) is 0 Å². The molecule has 0 amide bonds. The first-order chi connectivity index (χ1) is 12.7. The largest absolute Gasteiger partial charge is 0.481 e. The second-order valence-electron chi connectivity index (χ2n) is 7.15. The zero-order valence-electron chi connectivity index (χ0n) is 16.1. The Hall–Kier alpha value is -2.03. The Bertz CT molecular complexity index is 642. The number of hydrogen-bond donors (Lipinski definition) is 1. The van der Waals surface area contributed by atoms with Crippen LogP contribution in [0.4, 0.5) is 0 Å². The van der Waals surface area contributed by atoms with Gasteiger partial charge in [-0.25, -0.2) is 0 Å². The molecule has 1 N–H and O–H groups in total. The number of aliphatic carboxylic acids is 1. The number of carbonyl (C=O) groups is 1. The van der Waals surface area contributed by atoms with Crippen LogP contribution < -0.4 is 0 Å². The van der Waals surface area contributed by atoms with Crippen LogP contribution in [0.3, 0.4) is 0 Å². The summed E-state index contributed by atoms with van der Waals surface area (Å²) in [6.45, 7) is 2.25. The summed E-state index contributed by atoms with van der Waals surface area (Å²) >= 11 is 0. The second kappa shape index (κ2) is 11.6. The molecule has 2 aromatic rings. The van der Waals surface area contributed by atoms with Crippen LogP contribution in [0.25, 0.3) is 5.69 Å². The quantitative estimate of drug-likeness (QED) is 0.436. The zero-order chi connectivity index (χ0) is 18.6. The molecule has 0 spiro atoms. The first-order valence-electron chi connectivity index (χ1n) is 10.2. The lowest BCUT2D eigenvalue weighted by Crippen LogP contribution is -2.00. The monoisotopic (exact) mass is 355 g/mol. The van der Waals surface area contributed by atoms with E-state index in [1.54, 1.807) is 0 Å². The minimum Gasteiger partial charge on any atom is -0.481 e. The van der Waals surface area contributed by atoms with Crippen molar-refractivity contribution in [3.63, 3.8) is 0 Å². The van der Waals surface area contributed by atoms with Gasteiger partial charge in [0.25, 0.3) is 0 Å². The van der Waals surface area contributed by atoms with Crippen molar-refractivity contribution in [2.24, 2.45) is 0 Å². The van der Waals surface area contributed by atoms with E-state index in [2.05, 4.69) is 54.1 Å². The molecule has 3 nitrogen and oxygen atoms in total. The third-order valence-electron chi connectivity index (χ3n) is 4.94. The van der Waals surface area contributed by atoms with Gasteiger partial charge in [0.2, 0.25) is 0 Å². The molecule has 26 heavy (non-hydrogen) atoms. The highest BCUT2D eigenvalue weighted by atomic mass is 16.4. The predicted molar refractivity (Wildman–Crippen MR) is 108 cm³/mol. The molecular formula is C23H33NO2. The molecule has 0 unspecified atom stereocenters. The maximum atomic E-state index is 10.5. The fourth-order valence-electron chi connectivity index (χ4n) is 3.39. The lowest BCUT2D eigenvalue weighted by molar-refractivity contribution is -0.137. The molecule has 1 aromatic heterocycles. The third kappa shape index (κ3) is 7.07. The summed E-state index contributed by atoms with van der Waals surface area (Å²) in [5.74, 6) is -0.687. The summed E-state index contributed by atoms with van der Waals surface area (Å²) < 4.78 is 2.28. The van der Waals surface area contributed by atoms with Crippen molar-refractivity contribution in [1.29, 1.82) is 0 Å². The molecule has 0 aliphatic carbocycles. The van der Waals surface area contributed by atoms with Gasteiger partial charge in [0.05, 0.1) is 0 Å². The Labute approximate surface area is 158 Å². The topological polar surface area (TPSA) is 42.2 Å². The van der Waals surface area contributed by atoms with Gasteiger partial charge in [-0.05, 0) is 61.9 Å². The van der Waals surface area contributed by atoms with Crippen LogP contribution in [-0.4, -0.2) is 15.6 Å². The summed E-state index contributed by atoms with van der Waals surface area (Å²) in [7, 11) is 0. The summed E-state index contributed by atoms with van der Waals surface area (Å²) in [5, 5.41) is 8.67. The van der Waals surface area contributed by atoms with Crippen LogP contribution in [0.15, 0.2) is 42.6 Å². The molecule has 0 radical (unpaired) electrons. The van der Waals surface area contributed by atoms with Crippen molar-refractivity contribution in [2.45, 2.75) is 77.6 Å². The molecule has 0 fully saturated rings. The van der Waals surface area contributed by atoms with Crippen molar-refractivity contribution in [3.8, 4) is 5.69 Å². The van der Waals surface area contributed by atoms with Crippen LogP contribution in [0, 0.1) is 0 Å². The number of aromatic nitrogens is 1. The smallest absolute Gasteiger partial charge is 0.303 e. The minimum absolute atomic E-state index is 0.293. The molecular weight excluding hydrogens is 322 g/mol. The lowest BCUT2D eigenvalue weighted by atomic mass is 10.1. The normalized spacial score (nSPS) is 11.0. The SMILES string of the molecule is CCCCCCc1ccc(-n2cccc2CCCCCCC(=O)O)cc1. The fraction of sp³-hybridized carbons (Fsp3) is 0.522. The summed E-state index contributed by atoms with van der Waals surface area (Å²) in [4.78, 5) is 10.5. The third-order valence-corrected chi connectivity index (χ3v) is 4.94. The standard InChI is InChI=1S/C23H33NO2/c1-2-3-4-7-11-20-15-17-22(18-16-20)24-19-10-13-21(24)12-8-5-6-9-14-23(25)26/h10,13,15-19H,2-9,11-12,14H2,1H3,(H,25,26). The van der Waals surface area contributed by atoms with Gasteiger partial charge in [0.1, 0.15) is 0 Å². The van der Waals surface area contributed by atoms with E-state index in [1.165, 1.54) is 49.0 Å². The van der Waals surface area contributed by atoms with Gasteiger partial charge in [0.15, 0.2) is 0 Å². The van der Waals surface area contributed by atoms with Gasteiger partial charge in [-0.15, -0.1) is 0 Å². The molecule has 3 heteroatoms. The molecule has 0 aliphatic rings. The number of rotatable bonds is 13. The van der Waals surface area contributed by atoms with E-state index >= 15 is 0 Å². The molecule has 142 valence electrons. The van der Waals surface area contributed by atoms with Crippen LogP contribution in [0.5, 0.6) is 0 Å². The zero-order valence-corrected chi connectivity index (χ0v) is 16.1. The number of hydrogen-bond acceptors (Lipinski definition) is 1. The van der Waals surface area contributed by atoms with Crippen LogP contribution >= 0.6 is 0 Å². The van der Waals surface area contributed by atoms with Gasteiger partial charge in [-0.1, -0.05) is 51.2 Å². The molecule has 1 heterocycles. The van der Waals surface area contributed by atoms with Crippen molar-refractivity contribution >= 4 is 5.97 Å². The average molecular weight is 356 g/mol. The number of carboxylic acid groups (broad SMARTS) is 1. The number of carboxylic acids is 1. The van der Waals surface area contributed by atoms with E-state index in [-0.39, 0.29) is 0 Å². The first-order valence-corrected chi connectivity index (χ1v) is 10.2. The van der Waals surface area contributed by atoms with Gasteiger partial charge < -0.3 is 9.67 Å². The van der Waals surface area contributed by atoms with Crippen LogP contribution in [0.1, 0.15) is 76.0 Å². The molecule has 0 bridgehead atoms. The Morgan fingerprint density at radius 2 is 1.58 bits per heavy atom. The maximum absolute atomic E-state index is 10.5. The average Bonchev–Trinajstić information content (AvgIpc) is 3.10. The predicted octanol–water partition coefficient (Wildman–Crippen LogP) is 6.18. The molecule has 2 rings (SSSR count). The van der Waals surface area contributed by atoms with Crippen molar-refractivity contribution in [1.82, 2.24) is 4.57 Å². The van der Waals surface area contributed by atoms with E-state index in [9.17, 15) is 4.79 Å². The van der Waals surface area contributed by atoms with Crippen molar-refractivity contribution in [3.05, 3.63) is 53.9 Å². The number of unbranched alkanes of at least 4 members (excludes halogenated alkanes) is 6. The lowest BCUT2D eigenvalue weighted by Gasteiger charge is -2.10. The van der Waals surface area contributed by atoms with Gasteiger partial charge in [0, 0.05) is 24.0 Å². The highest BCUT2D eigenvalue weighted by molar-refractivity contribution is 5.66. The Morgan fingerprint density at radius 3 is 2.31 bits per heavy atom. The fourth-order valence-corrected chi connectivity index (χ4v) is 3.39. The Balaban J connectivity index is 1.80. The van der Waals surface area contributed by atoms with E-state index in [0.29, 0.717) is 6.42 Å². The summed E-state index contributed by atoms with van der Waals surface area (Å²) in [6, 6.07) is 13.3. The van der Waals surface area contributed by atoms with E-state index in [0.717, 1.165) is 32.1 Å². The number of benzene rings is 1. The van der Waals surface area contributed by atoms with Gasteiger partial charge >= 0.3 is 5.97 Å². The van der Waals surface area contributed by atoms with Crippen molar-refractivity contribution in [2.75, 3.05) is 0 Å². The van der Waals surface area contributed by atoms with Crippen molar-refractivity contribution < 1.29 is 9.90 Å². The van der Waals surface area contributed by atoms with E-state index in [4.69, 9.17) is 5.11 Å². The van der Waals surface area contributed by atoms with E-state index < -0.39 is 5.97 Å². The summed E-state index contributed by atoms with van der Waals surface area (Å²) in [6.07, 6.45) is 13.9. The molecule has 0 saturated carbocycles. The highest BCUT2D eigenvalue weighted by Crippen LogP contribution is 2.17. The summed E-state index contributed by atoms with van der Waals surface area (Å²) in [5.41, 5.74) is 3.99. The Kier molecular flexibility index (Phi) is 9.02. The second-order valence-corrected chi connectivity index (χ2v) is 7.15.